The van der Waals surface area contributed by atoms with Crippen LogP contribution in [0.2, 0.25) is 0 Å². The summed E-state index contributed by atoms with van der Waals surface area (Å²) in [5.41, 5.74) is 0.464. The predicted molar refractivity (Wildman–Crippen MR) is 87.2 cm³/mol. The molecule has 7 heteroatoms. The number of nitrogens with one attached hydrogen (secondary N) is 1. The Morgan fingerprint density at radius 2 is 1.72 bits per heavy atom. The van der Waals surface area contributed by atoms with Crippen LogP contribution in [0.3, 0.4) is 0 Å². The maximum absolute atomic E-state index is 12.9. The van der Waals surface area contributed by atoms with Crippen molar-refractivity contribution < 1.29 is 22.8 Å². The van der Waals surface area contributed by atoms with Crippen molar-refractivity contribution in [2.75, 3.05) is 16.8 Å². The highest BCUT2D eigenvalue weighted by atomic mass is 19.4. The van der Waals surface area contributed by atoms with E-state index in [1.165, 1.54) is 17.0 Å². The first-order valence-electron chi connectivity index (χ1n) is 7.70. The molecule has 1 aliphatic rings. The fourth-order valence-electron chi connectivity index (χ4n) is 2.86. The minimum absolute atomic E-state index is 0.352. The van der Waals surface area contributed by atoms with E-state index in [2.05, 4.69) is 5.32 Å². The van der Waals surface area contributed by atoms with Crippen LogP contribution in [0.15, 0.2) is 48.5 Å². The third kappa shape index (κ3) is 3.65. The van der Waals surface area contributed by atoms with Gasteiger partial charge in [-0.2, -0.15) is 13.2 Å². The molecule has 25 heavy (non-hydrogen) atoms. The third-order valence-corrected chi connectivity index (χ3v) is 4.01. The number of halogens is 3. The monoisotopic (exact) mass is 348 g/mol. The minimum atomic E-state index is -4.58. The predicted octanol–water partition coefficient (Wildman–Crippen LogP) is 3.62. The Morgan fingerprint density at radius 1 is 1.04 bits per heavy atom. The zero-order chi connectivity index (χ0) is 18.0. The van der Waals surface area contributed by atoms with E-state index in [-0.39, 0.29) is 5.69 Å². The first-order valence-corrected chi connectivity index (χ1v) is 7.70. The SMILES string of the molecule is O=C(CC(=O)N1CCc2ccccc21)Nc1ccccc1C(F)(F)F. The van der Waals surface area contributed by atoms with Gasteiger partial charge in [0.25, 0.3) is 0 Å². The number of fused-ring (bicyclic) bond motifs is 1. The third-order valence-electron chi connectivity index (χ3n) is 4.01. The van der Waals surface area contributed by atoms with Gasteiger partial charge in [-0.05, 0) is 30.2 Å². The highest BCUT2D eigenvalue weighted by Crippen LogP contribution is 2.34. The quantitative estimate of drug-likeness (QED) is 0.862. The van der Waals surface area contributed by atoms with Gasteiger partial charge in [0, 0.05) is 12.2 Å². The average molecular weight is 348 g/mol. The van der Waals surface area contributed by atoms with Crippen LogP contribution in [0, 0.1) is 0 Å². The number of benzene rings is 2. The molecule has 0 saturated carbocycles. The molecule has 0 unspecified atom stereocenters. The van der Waals surface area contributed by atoms with Crippen molar-refractivity contribution in [2.24, 2.45) is 0 Å². The second-order valence-corrected chi connectivity index (χ2v) is 5.69. The van der Waals surface area contributed by atoms with Crippen molar-refractivity contribution >= 4 is 23.2 Å². The van der Waals surface area contributed by atoms with Gasteiger partial charge in [-0.3, -0.25) is 9.59 Å². The summed E-state index contributed by atoms with van der Waals surface area (Å²) in [6.45, 7) is 0.463. The molecule has 1 heterocycles. The number of carbonyl (C=O) groups is 2. The summed E-state index contributed by atoms with van der Waals surface area (Å²) in [5, 5.41) is 2.19. The van der Waals surface area contributed by atoms with Gasteiger partial charge < -0.3 is 10.2 Å². The second kappa shape index (κ2) is 6.58. The normalized spacial score (nSPS) is 13.5. The van der Waals surface area contributed by atoms with Gasteiger partial charge >= 0.3 is 6.18 Å². The molecule has 1 N–H and O–H groups in total. The molecule has 4 nitrogen and oxygen atoms in total. The summed E-state index contributed by atoms with van der Waals surface area (Å²) >= 11 is 0. The topological polar surface area (TPSA) is 49.4 Å². The lowest BCUT2D eigenvalue weighted by atomic mass is 10.1. The molecule has 0 spiro atoms. The van der Waals surface area contributed by atoms with Crippen LogP contribution < -0.4 is 10.2 Å². The molecule has 1 aliphatic heterocycles. The van der Waals surface area contributed by atoms with Crippen LogP contribution in [0.1, 0.15) is 17.5 Å². The highest BCUT2D eigenvalue weighted by molar-refractivity contribution is 6.09. The summed E-state index contributed by atoms with van der Waals surface area (Å²) in [4.78, 5) is 25.9. The molecular weight excluding hydrogens is 333 g/mol. The van der Waals surface area contributed by atoms with Crippen LogP contribution in [-0.4, -0.2) is 18.4 Å². The lowest BCUT2D eigenvalue weighted by Gasteiger charge is -2.18. The van der Waals surface area contributed by atoms with Gasteiger partial charge in [0.05, 0.1) is 11.3 Å². The molecule has 0 aromatic heterocycles. The van der Waals surface area contributed by atoms with Crippen molar-refractivity contribution in [3.63, 3.8) is 0 Å². The number of alkyl halides is 3. The summed E-state index contributed by atoms with van der Waals surface area (Å²) in [7, 11) is 0. The highest BCUT2D eigenvalue weighted by Gasteiger charge is 2.34. The molecule has 0 saturated heterocycles. The van der Waals surface area contributed by atoms with Gasteiger partial charge in [-0.15, -0.1) is 0 Å². The molecule has 2 aromatic carbocycles. The van der Waals surface area contributed by atoms with Crippen LogP contribution in [0.4, 0.5) is 24.5 Å². The maximum atomic E-state index is 12.9. The van der Waals surface area contributed by atoms with E-state index in [9.17, 15) is 22.8 Å². The average Bonchev–Trinajstić information content (AvgIpc) is 2.98. The number of anilines is 2. The number of nitrogens with zero attached hydrogens (tertiary/aromatic N) is 1. The lowest BCUT2D eigenvalue weighted by Crippen LogP contribution is -2.32. The summed E-state index contributed by atoms with van der Waals surface area (Å²) in [6, 6.07) is 12.0. The van der Waals surface area contributed by atoms with Crippen LogP contribution in [0.5, 0.6) is 0 Å². The fraction of sp³-hybridized carbons (Fsp3) is 0.222. The molecule has 0 fully saturated rings. The molecule has 0 bridgehead atoms. The largest absolute Gasteiger partial charge is 0.418 e. The molecule has 0 aliphatic carbocycles. The Balaban J connectivity index is 1.69. The van der Waals surface area contributed by atoms with E-state index in [1.54, 1.807) is 12.1 Å². The maximum Gasteiger partial charge on any atom is 0.418 e. The zero-order valence-corrected chi connectivity index (χ0v) is 13.1. The standard InChI is InChI=1S/C18H15F3N2O2/c19-18(20,21)13-6-2-3-7-14(13)22-16(24)11-17(25)23-10-9-12-5-1-4-8-15(12)23/h1-8H,9-11H2,(H,22,24). The fourth-order valence-corrected chi connectivity index (χ4v) is 2.86. The van der Waals surface area contributed by atoms with Crippen molar-refractivity contribution in [3.8, 4) is 0 Å². The second-order valence-electron chi connectivity index (χ2n) is 5.69. The van der Waals surface area contributed by atoms with Gasteiger partial charge in [0.1, 0.15) is 6.42 Å². The molecule has 3 rings (SSSR count). The van der Waals surface area contributed by atoms with E-state index in [0.717, 1.165) is 23.4 Å². The van der Waals surface area contributed by atoms with Crippen LogP contribution >= 0.6 is 0 Å². The molecular formula is C18H15F3N2O2. The van der Waals surface area contributed by atoms with E-state index >= 15 is 0 Å². The summed E-state index contributed by atoms with van der Waals surface area (Å²) in [5.74, 6) is -1.21. The van der Waals surface area contributed by atoms with Crippen molar-refractivity contribution in [3.05, 3.63) is 59.7 Å². The number of amides is 2. The van der Waals surface area contributed by atoms with E-state index in [4.69, 9.17) is 0 Å². The van der Waals surface area contributed by atoms with E-state index < -0.39 is 30.0 Å². The lowest BCUT2D eigenvalue weighted by molar-refractivity contribution is -0.137. The van der Waals surface area contributed by atoms with Crippen LogP contribution in [0.25, 0.3) is 0 Å². The minimum Gasteiger partial charge on any atom is -0.325 e. The van der Waals surface area contributed by atoms with E-state index in [1.807, 2.05) is 12.1 Å². The molecule has 2 amide bonds. The Bertz CT molecular complexity index is 818. The van der Waals surface area contributed by atoms with Crippen LogP contribution in [-0.2, 0) is 22.2 Å². The first-order chi connectivity index (χ1) is 11.9. The summed E-state index contributed by atoms with van der Waals surface area (Å²) < 4.78 is 38.8. The molecule has 130 valence electrons. The molecule has 0 radical (unpaired) electrons. The Kier molecular flexibility index (Phi) is 4.48. The number of para-hydroxylation sites is 2. The van der Waals surface area contributed by atoms with Gasteiger partial charge in [-0.1, -0.05) is 30.3 Å². The van der Waals surface area contributed by atoms with Crippen molar-refractivity contribution in [1.29, 1.82) is 0 Å². The van der Waals surface area contributed by atoms with Gasteiger partial charge in [0.2, 0.25) is 11.8 Å². The number of hydrogen-bond donors (Lipinski definition) is 1. The van der Waals surface area contributed by atoms with Crippen molar-refractivity contribution in [2.45, 2.75) is 19.0 Å². The summed E-state index contributed by atoms with van der Waals surface area (Å²) in [6.07, 6.45) is -4.40. The van der Waals surface area contributed by atoms with Gasteiger partial charge in [0.15, 0.2) is 0 Å². The number of carbonyl (C=O) groups excluding carboxylic acids is 2. The smallest absolute Gasteiger partial charge is 0.325 e. The first kappa shape index (κ1) is 17.0. The Labute approximate surface area is 142 Å². The molecule has 2 aromatic rings. The van der Waals surface area contributed by atoms with E-state index in [0.29, 0.717) is 13.0 Å². The Morgan fingerprint density at radius 3 is 2.48 bits per heavy atom. The molecule has 0 atom stereocenters. The number of rotatable bonds is 3. The number of hydrogen-bond acceptors (Lipinski definition) is 2. The zero-order valence-electron chi connectivity index (χ0n) is 13.1. The van der Waals surface area contributed by atoms with Crippen molar-refractivity contribution in [1.82, 2.24) is 0 Å². The Hall–Kier alpha value is -2.83. The van der Waals surface area contributed by atoms with Gasteiger partial charge in [-0.25, -0.2) is 0 Å².